The third-order valence-electron chi connectivity index (χ3n) is 3.04. The van der Waals surface area contributed by atoms with Crippen LogP contribution < -0.4 is 5.32 Å². The highest BCUT2D eigenvalue weighted by Gasteiger charge is 2.30. The molecule has 6 heteroatoms. The highest BCUT2D eigenvalue weighted by molar-refractivity contribution is 5.72. The zero-order valence-corrected chi connectivity index (χ0v) is 10.6. The number of aryl methyl sites for hydroxylation is 1. The highest BCUT2D eigenvalue weighted by atomic mass is 16.5. The zero-order chi connectivity index (χ0) is 13.8. The fraction of sp³-hybridized carbons (Fsp3) is 0.462. The molecule has 1 aromatic rings. The molecule has 0 aromatic carbocycles. The maximum absolute atomic E-state index is 10.8. The van der Waals surface area contributed by atoms with Gasteiger partial charge in [-0.3, -0.25) is 0 Å². The average molecular weight is 261 g/mol. The summed E-state index contributed by atoms with van der Waals surface area (Å²) >= 11 is 0. The van der Waals surface area contributed by atoms with E-state index in [0.717, 1.165) is 5.69 Å². The van der Waals surface area contributed by atoms with Crippen LogP contribution in [0.5, 0.6) is 0 Å². The molecule has 1 fully saturated rings. The van der Waals surface area contributed by atoms with Crippen molar-refractivity contribution in [2.45, 2.75) is 32.0 Å². The Kier molecular flexibility index (Phi) is 3.97. The monoisotopic (exact) mass is 261 g/mol. The second kappa shape index (κ2) is 5.67. The molecule has 0 spiro atoms. The van der Waals surface area contributed by atoms with Gasteiger partial charge in [0.25, 0.3) is 0 Å². The molecule has 0 saturated carbocycles. The van der Waals surface area contributed by atoms with E-state index in [1.54, 1.807) is 12.1 Å². The van der Waals surface area contributed by atoms with Gasteiger partial charge in [0.05, 0.1) is 11.7 Å². The summed E-state index contributed by atoms with van der Waals surface area (Å²) in [6.45, 7) is 2.30. The van der Waals surface area contributed by atoms with Crippen LogP contribution in [-0.4, -0.2) is 34.8 Å². The van der Waals surface area contributed by atoms with Crippen LogP contribution in [-0.2, 0) is 9.53 Å². The van der Waals surface area contributed by atoms with Gasteiger partial charge >= 0.3 is 5.97 Å². The van der Waals surface area contributed by atoms with Crippen molar-refractivity contribution in [2.75, 3.05) is 11.9 Å². The lowest BCUT2D eigenvalue weighted by atomic mass is 10.2. The van der Waals surface area contributed by atoms with E-state index >= 15 is 0 Å². The van der Waals surface area contributed by atoms with Gasteiger partial charge in [0.2, 0.25) is 0 Å². The summed E-state index contributed by atoms with van der Waals surface area (Å²) in [7, 11) is 0. The van der Waals surface area contributed by atoms with E-state index in [-0.39, 0.29) is 6.10 Å². The molecule has 19 heavy (non-hydrogen) atoms. The smallest absolute Gasteiger partial charge is 0.332 e. The SMILES string of the molecule is Cc1ccc(C#N)c(NCC2CCC(C(=O)O)O2)n1. The van der Waals surface area contributed by atoms with Gasteiger partial charge < -0.3 is 15.2 Å². The summed E-state index contributed by atoms with van der Waals surface area (Å²) in [5.74, 6) is -0.404. The summed E-state index contributed by atoms with van der Waals surface area (Å²) < 4.78 is 5.38. The molecule has 0 bridgehead atoms. The number of carbonyl (C=O) groups is 1. The molecule has 6 nitrogen and oxygen atoms in total. The van der Waals surface area contributed by atoms with Crippen LogP contribution >= 0.6 is 0 Å². The molecule has 2 unspecified atom stereocenters. The predicted molar refractivity (Wildman–Crippen MR) is 67.7 cm³/mol. The molecule has 1 saturated heterocycles. The molecule has 2 atom stereocenters. The number of rotatable bonds is 4. The Morgan fingerprint density at radius 3 is 3.05 bits per heavy atom. The van der Waals surface area contributed by atoms with Crippen LogP contribution in [0.2, 0.25) is 0 Å². The lowest BCUT2D eigenvalue weighted by Gasteiger charge is -2.13. The summed E-state index contributed by atoms with van der Waals surface area (Å²) in [5.41, 5.74) is 1.29. The van der Waals surface area contributed by atoms with Crippen LogP contribution in [0.4, 0.5) is 5.82 Å². The Morgan fingerprint density at radius 1 is 1.63 bits per heavy atom. The van der Waals surface area contributed by atoms with Crippen LogP contribution in [0.15, 0.2) is 12.1 Å². The van der Waals surface area contributed by atoms with E-state index in [0.29, 0.717) is 30.8 Å². The Hall–Kier alpha value is -2.13. The first kappa shape index (κ1) is 13.3. The van der Waals surface area contributed by atoms with E-state index in [4.69, 9.17) is 15.1 Å². The molecular weight excluding hydrogens is 246 g/mol. The third kappa shape index (κ3) is 3.20. The number of carboxylic acids is 1. The van der Waals surface area contributed by atoms with Gasteiger partial charge in [-0.2, -0.15) is 5.26 Å². The van der Waals surface area contributed by atoms with E-state index in [1.807, 2.05) is 6.92 Å². The minimum atomic E-state index is -0.922. The number of pyridine rings is 1. The van der Waals surface area contributed by atoms with E-state index < -0.39 is 12.1 Å². The normalized spacial score (nSPS) is 21.9. The topological polar surface area (TPSA) is 95.2 Å². The molecule has 2 heterocycles. The second-order valence-electron chi connectivity index (χ2n) is 4.50. The molecule has 2 rings (SSSR count). The second-order valence-corrected chi connectivity index (χ2v) is 4.50. The highest BCUT2D eigenvalue weighted by Crippen LogP contribution is 2.21. The molecule has 2 N–H and O–H groups in total. The number of hydrogen-bond acceptors (Lipinski definition) is 5. The third-order valence-corrected chi connectivity index (χ3v) is 3.04. The van der Waals surface area contributed by atoms with Crippen LogP contribution in [0.3, 0.4) is 0 Å². The van der Waals surface area contributed by atoms with E-state index in [9.17, 15) is 4.79 Å². The Balaban J connectivity index is 1.95. The number of carboxylic acid groups (broad SMARTS) is 1. The maximum Gasteiger partial charge on any atom is 0.332 e. The van der Waals surface area contributed by atoms with Gasteiger partial charge in [0, 0.05) is 12.2 Å². The molecule has 1 aliphatic heterocycles. The Bertz CT molecular complexity index is 524. The standard InChI is InChI=1S/C13H15N3O3/c1-8-2-3-9(6-14)12(16-8)15-7-10-4-5-11(19-10)13(17)18/h2-3,10-11H,4-5,7H2,1H3,(H,15,16)(H,17,18). The van der Waals surface area contributed by atoms with Crippen molar-refractivity contribution < 1.29 is 14.6 Å². The van der Waals surface area contributed by atoms with Crippen molar-refractivity contribution >= 4 is 11.8 Å². The first-order chi connectivity index (χ1) is 9.10. The minimum absolute atomic E-state index is 0.157. The van der Waals surface area contributed by atoms with Crippen molar-refractivity contribution in [3.8, 4) is 6.07 Å². The number of nitriles is 1. The summed E-state index contributed by atoms with van der Waals surface area (Å²) in [6, 6.07) is 5.55. The van der Waals surface area contributed by atoms with Crippen LogP contribution in [0.1, 0.15) is 24.1 Å². The number of hydrogen-bond donors (Lipinski definition) is 2. The molecule has 1 aliphatic rings. The van der Waals surface area contributed by atoms with Gasteiger partial charge in [0.15, 0.2) is 6.10 Å². The van der Waals surface area contributed by atoms with Crippen LogP contribution in [0, 0.1) is 18.3 Å². The molecular formula is C13H15N3O3. The van der Waals surface area contributed by atoms with Gasteiger partial charge in [-0.15, -0.1) is 0 Å². The minimum Gasteiger partial charge on any atom is -0.479 e. The fourth-order valence-electron chi connectivity index (χ4n) is 2.03. The lowest BCUT2D eigenvalue weighted by Crippen LogP contribution is -2.25. The predicted octanol–water partition coefficient (Wildman–Crippen LogP) is 1.31. The molecule has 1 aromatic heterocycles. The van der Waals surface area contributed by atoms with Gasteiger partial charge in [-0.05, 0) is 31.9 Å². The zero-order valence-electron chi connectivity index (χ0n) is 10.6. The number of ether oxygens (including phenoxy) is 1. The first-order valence-electron chi connectivity index (χ1n) is 6.10. The van der Waals surface area contributed by atoms with Crippen molar-refractivity contribution in [1.29, 1.82) is 5.26 Å². The van der Waals surface area contributed by atoms with E-state index in [2.05, 4.69) is 16.4 Å². The lowest BCUT2D eigenvalue weighted by molar-refractivity contribution is -0.149. The maximum atomic E-state index is 10.8. The molecule has 0 radical (unpaired) electrons. The quantitative estimate of drug-likeness (QED) is 0.848. The van der Waals surface area contributed by atoms with E-state index in [1.165, 1.54) is 0 Å². The number of nitrogens with zero attached hydrogens (tertiary/aromatic N) is 2. The molecule has 0 amide bonds. The average Bonchev–Trinajstić information content (AvgIpc) is 2.85. The summed E-state index contributed by atoms with van der Waals surface area (Å²) in [5, 5.41) is 20.9. The number of nitrogens with one attached hydrogen (secondary N) is 1. The van der Waals surface area contributed by atoms with Gasteiger partial charge in [-0.1, -0.05) is 0 Å². The number of aromatic nitrogens is 1. The fourth-order valence-corrected chi connectivity index (χ4v) is 2.03. The molecule has 0 aliphatic carbocycles. The van der Waals surface area contributed by atoms with Crippen LogP contribution in [0.25, 0.3) is 0 Å². The van der Waals surface area contributed by atoms with Gasteiger partial charge in [0.1, 0.15) is 11.9 Å². The van der Waals surface area contributed by atoms with Gasteiger partial charge in [-0.25, -0.2) is 9.78 Å². The number of anilines is 1. The van der Waals surface area contributed by atoms with Crippen molar-refractivity contribution in [2.24, 2.45) is 0 Å². The summed E-state index contributed by atoms with van der Waals surface area (Å²) in [6.07, 6.45) is 0.341. The van der Waals surface area contributed by atoms with Crippen molar-refractivity contribution in [3.63, 3.8) is 0 Å². The van der Waals surface area contributed by atoms with Crippen molar-refractivity contribution in [1.82, 2.24) is 4.98 Å². The van der Waals surface area contributed by atoms with Crippen molar-refractivity contribution in [3.05, 3.63) is 23.4 Å². The number of aliphatic carboxylic acids is 1. The molecule has 100 valence electrons. The Morgan fingerprint density at radius 2 is 2.42 bits per heavy atom. The summed E-state index contributed by atoms with van der Waals surface area (Å²) in [4.78, 5) is 15.0. The largest absolute Gasteiger partial charge is 0.479 e. The Labute approximate surface area is 111 Å². The first-order valence-corrected chi connectivity index (χ1v) is 6.10.